The summed E-state index contributed by atoms with van der Waals surface area (Å²) in [6.07, 6.45) is 1.54. The fourth-order valence-electron chi connectivity index (χ4n) is 1.46. The number of hydrogen-bond donors (Lipinski definition) is 1. The van der Waals surface area contributed by atoms with E-state index in [-0.39, 0.29) is 5.91 Å². The van der Waals surface area contributed by atoms with Gasteiger partial charge in [0.25, 0.3) is 0 Å². The first-order valence-electron chi connectivity index (χ1n) is 5.56. The Hall–Kier alpha value is -1.45. The zero-order valence-electron chi connectivity index (χ0n) is 9.99. The Kier molecular flexibility index (Phi) is 3.99. The van der Waals surface area contributed by atoms with Gasteiger partial charge >= 0.3 is 0 Å². The molecule has 0 unspecified atom stereocenters. The Balaban J connectivity index is 1.56. The molecule has 2 heterocycles. The van der Waals surface area contributed by atoms with Crippen molar-refractivity contribution in [3.8, 4) is 0 Å². The molecule has 3 aromatic rings. The van der Waals surface area contributed by atoms with Gasteiger partial charge in [-0.15, -0.1) is 15.3 Å². The molecule has 0 bridgehead atoms. The molecule has 1 aromatic carbocycles. The molecule has 0 aliphatic carbocycles. The molecule has 2 aromatic heterocycles. The van der Waals surface area contributed by atoms with Crippen LogP contribution < -0.4 is 5.32 Å². The van der Waals surface area contributed by atoms with E-state index >= 15 is 0 Å². The molecule has 3 rings (SSSR count). The second-order valence-electron chi connectivity index (χ2n) is 3.77. The third kappa shape index (κ3) is 3.17. The number of anilines is 1. The number of carbonyl (C=O) groups excluding carboxylic acids is 1. The van der Waals surface area contributed by atoms with Crippen molar-refractivity contribution in [2.45, 2.75) is 4.34 Å². The highest BCUT2D eigenvalue weighted by atomic mass is 79.9. The van der Waals surface area contributed by atoms with Gasteiger partial charge in [0.15, 0.2) is 4.34 Å². The van der Waals surface area contributed by atoms with Crippen LogP contribution >= 0.6 is 39.0 Å². The lowest BCUT2D eigenvalue weighted by Gasteiger charge is -2.03. The molecule has 0 spiro atoms. The van der Waals surface area contributed by atoms with Gasteiger partial charge in [0.1, 0.15) is 6.33 Å². The summed E-state index contributed by atoms with van der Waals surface area (Å²) in [7, 11) is 0. The number of thioether (sulfide) groups is 1. The number of amides is 1. The Labute approximate surface area is 130 Å². The zero-order chi connectivity index (χ0) is 13.9. The average molecular weight is 370 g/mol. The maximum atomic E-state index is 11.8. The zero-order valence-corrected chi connectivity index (χ0v) is 13.2. The van der Waals surface area contributed by atoms with Crippen LogP contribution in [0.3, 0.4) is 0 Å². The summed E-state index contributed by atoms with van der Waals surface area (Å²) < 4.78 is 3.37. The van der Waals surface area contributed by atoms with Crippen LogP contribution in [0.15, 0.2) is 39.4 Å². The number of aromatic nitrogens is 4. The van der Waals surface area contributed by atoms with Gasteiger partial charge in [0.05, 0.1) is 5.75 Å². The first kappa shape index (κ1) is 13.5. The van der Waals surface area contributed by atoms with Gasteiger partial charge in [-0.1, -0.05) is 39.0 Å². The van der Waals surface area contributed by atoms with Gasteiger partial charge in [-0.25, -0.2) is 0 Å². The van der Waals surface area contributed by atoms with Crippen LogP contribution in [0.4, 0.5) is 5.69 Å². The van der Waals surface area contributed by atoms with E-state index in [2.05, 4.69) is 36.5 Å². The largest absolute Gasteiger partial charge is 0.325 e. The molecule has 0 saturated carbocycles. The van der Waals surface area contributed by atoms with Crippen LogP contribution in [0.2, 0.25) is 0 Å². The predicted molar refractivity (Wildman–Crippen MR) is 82.2 cm³/mol. The lowest BCUT2D eigenvalue weighted by atomic mass is 10.3. The van der Waals surface area contributed by atoms with Crippen molar-refractivity contribution in [3.63, 3.8) is 0 Å². The minimum Gasteiger partial charge on any atom is -0.325 e. The Morgan fingerprint density at radius 1 is 1.40 bits per heavy atom. The summed E-state index contributed by atoms with van der Waals surface area (Å²) in [5, 5.41) is 14.7. The van der Waals surface area contributed by atoms with Crippen molar-refractivity contribution >= 4 is 55.6 Å². The van der Waals surface area contributed by atoms with Crippen molar-refractivity contribution < 1.29 is 4.79 Å². The van der Waals surface area contributed by atoms with Gasteiger partial charge in [-0.3, -0.25) is 4.79 Å². The molecule has 0 aliphatic heterocycles. The summed E-state index contributed by atoms with van der Waals surface area (Å²) in [6, 6.07) is 7.45. The highest BCUT2D eigenvalue weighted by molar-refractivity contribution is 9.10. The van der Waals surface area contributed by atoms with Gasteiger partial charge < -0.3 is 5.32 Å². The summed E-state index contributed by atoms with van der Waals surface area (Å²) in [5.41, 5.74) is 0.775. The van der Waals surface area contributed by atoms with Crippen LogP contribution in [0.5, 0.6) is 0 Å². The van der Waals surface area contributed by atoms with E-state index in [9.17, 15) is 4.79 Å². The minimum absolute atomic E-state index is 0.0664. The highest BCUT2D eigenvalue weighted by Crippen LogP contribution is 2.23. The van der Waals surface area contributed by atoms with Crippen molar-refractivity contribution in [2.24, 2.45) is 0 Å². The second-order valence-corrected chi connectivity index (χ2v) is 6.86. The molecule has 0 aliphatic rings. The van der Waals surface area contributed by atoms with Gasteiger partial charge in [-0.2, -0.15) is 4.52 Å². The van der Waals surface area contributed by atoms with E-state index in [1.807, 2.05) is 24.3 Å². The first-order chi connectivity index (χ1) is 9.70. The van der Waals surface area contributed by atoms with Crippen LogP contribution in [-0.4, -0.2) is 31.5 Å². The van der Waals surface area contributed by atoms with Crippen LogP contribution in [0.25, 0.3) is 4.96 Å². The summed E-state index contributed by atoms with van der Waals surface area (Å²) in [6.45, 7) is 0. The van der Waals surface area contributed by atoms with E-state index in [0.717, 1.165) is 19.5 Å². The van der Waals surface area contributed by atoms with E-state index in [1.165, 1.54) is 29.4 Å². The van der Waals surface area contributed by atoms with E-state index in [0.29, 0.717) is 5.75 Å². The third-order valence-electron chi connectivity index (χ3n) is 2.32. The number of nitrogens with zero attached hydrogens (tertiary/aromatic N) is 4. The topological polar surface area (TPSA) is 72.2 Å². The monoisotopic (exact) mass is 369 g/mol. The molecule has 0 fully saturated rings. The molecule has 9 heteroatoms. The maximum absolute atomic E-state index is 11.8. The fraction of sp³-hybridized carbons (Fsp3) is 0.0909. The molecule has 0 saturated heterocycles. The number of hydrogen-bond acceptors (Lipinski definition) is 6. The van der Waals surface area contributed by atoms with E-state index in [4.69, 9.17) is 0 Å². The third-order valence-corrected chi connectivity index (χ3v) is 4.90. The molecule has 20 heavy (non-hydrogen) atoms. The lowest BCUT2D eigenvalue weighted by molar-refractivity contribution is -0.113. The predicted octanol–water partition coefficient (Wildman–Crippen LogP) is 2.68. The summed E-state index contributed by atoms with van der Waals surface area (Å²) >= 11 is 6.14. The number of halogens is 1. The number of carbonyl (C=O) groups is 1. The molecule has 102 valence electrons. The molecule has 1 amide bonds. The average Bonchev–Trinajstić information content (AvgIpc) is 3.00. The van der Waals surface area contributed by atoms with Crippen molar-refractivity contribution in [1.82, 2.24) is 19.8 Å². The number of fused-ring (bicyclic) bond motifs is 1. The Morgan fingerprint density at radius 3 is 2.95 bits per heavy atom. The molecule has 6 nitrogen and oxygen atoms in total. The molecule has 1 N–H and O–H groups in total. The quantitative estimate of drug-likeness (QED) is 0.715. The first-order valence-corrected chi connectivity index (χ1v) is 8.15. The number of rotatable bonds is 4. The highest BCUT2D eigenvalue weighted by Gasteiger charge is 2.09. The molecule has 0 radical (unpaired) electrons. The van der Waals surface area contributed by atoms with Crippen molar-refractivity contribution in [3.05, 3.63) is 35.1 Å². The van der Waals surface area contributed by atoms with Crippen molar-refractivity contribution in [2.75, 3.05) is 11.1 Å². The maximum Gasteiger partial charge on any atom is 0.235 e. The minimum atomic E-state index is -0.0664. The number of benzene rings is 1. The van der Waals surface area contributed by atoms with Crippen molar-refractivity contribution in [1.29, 1.82) is 0 Å². The fourth-order valence-corrected chi connectivity index (χ4v) is 3.38. The Morgan fingerprint density at radius 2 is 2.20 bits per heavy atom. The molecular weight excluding hydrogens is 362 g/mol. The smallest absolute Gasteiger partial charge is 0.235 e. The van der Waals surface area contributed by atoms with Gasteiger partial charge in [0, 0.05) is 10.2 Å². The molecular formula is C11H8BrN5OS2. The van der Waals surface area contributed by atoms with Crippen LogP contribution in [-0.2, 0) is 4.79 Å². The molecule has 0 atom stereocenters. The van der Waals surface area contributed by atoms with Crippen LogP contribution in [0.1, 0.15) is 0 Å². The standard InChI is InChI=1S/C11H8BrN5OS2/c12-7-1-3-8(4-2-7)14-9(18)5-19-11-16-17-6-13-15-10(17)20-11/h1-4,6H,5H2,(H,14,18). The summed E-state index contributed by atoms with van der Waals surface area (Å²) in [5.74, 6) is 0.239. The van der Waals surface area contributed by atoms with E-state index in [1.54, 1.807) is 4.52 Å². The van der Waals surface area contributed by atoms with Gasteiger partial charge in [0.2, 0.25) is 10.9 Å². The lowest BCUT2D eigenvalue weighted by Crippen LogP contribution is -2.13. The van der Waals surface area contributed by atoms with Gasteiger partial charge in [-0.05, 0) is 24.3 Å². The normalized spacial score (nSPS) is 10.8. The number of nitrogens with one attached hydrogen (secondary N) is 1. The summed E-state index contributed by atoms with van der Waals surface area (Å²) in [4.78, 5) is 12.5. The van der Waals surface area contributed by atoms with E-state index < -0.39 is 0 Å². The van der Waals surface area contributed by atoms with Crippen LogP contribution in [0, 0.1) is 0 Å². The Bertz CT molecular complexity index is 710. The SMILES string of the molecule is O=C(CSc1nn2cnnc2s1)Nc1ccc(Br)cc1. The second kappa shape index (κ2) is 5.90.